The Balaban J connectivity index is 1.72. The highest BCUT2D eigenvalue weighted by Crippen LogP contribution is 2.24. The predicted molar refractivity (Wildman–Crippen MR) is 96.8 cm³/mol. The molecule has 0 radical (unpaired) electrons. The largest absolute Gasteiger partial charge is 0.459 e. The fourth-order valence-electron chi connectivity index (χ4n) is 2.70. The van der Waals surface area contributed by atoms with Gasteiger partial charge in [0.2, 0.25) is 0 Å². The minimum Gasteiger partial charge on any atom is -0.459 e. The van der Waals surface area contributed by atoms with Crippen LogP contribution in [0.25, 0.3) is 10.9 Å². The van der Waals surface area contributed by atoms with Crippen LogP contribution in [0.1, 0.15) is 19.4 Å². The molecule has 0 saturated heterocycles. The van der Waals surface area contributed by atoms with Crippen molar-refractivity contribution in [3.05, 3.63) is 66.4 Å². The molecule has 0 amide bonds. The van der Waals surface area contributed by atoms with Crippen molar-refractivity contribution in [2.24, 2.45) is 5.92 Å². The lowest BCUT2D eigenvalue weighted by atomic mass is 10.0. The van der Waals surface area contributed by atoms with Crippen LogP contribution in [0.15, 0.2) is 60.8 Å². The quantitative estimate of drug-likeness (QED) is 0.663. The third-order valence-corrected chi connectivity index (χ3v) is 4.05. The number of carbonyl (C=O) groups excluding carboxylic acids is 1. The van der Waals surface area contributed by atoms with Gasteiger partial charge in [-0.3, -0.25) is 0 Å². The third kappa shape index (κ3) is 3.59. The van der Waals surface area contributed by atoms with E-state index < -0.39 is 6.04 Å². The van der Waals surface area contributed by atoms with E-state index >= 15 is 0 Å². The summed E-state index contributed by atoms with van der Waals surface area (Å²) >= 11 is 0. The van der Waals surface area contributed by atoms with Gasteiger partial charge in [0.1, 0.15) is 12.6 Å². The molecule has 0 aliphatic rings. The van der Waals surface area contributed by atoms with Crippen LogP contribution in [0, 0.1) is 5.92 Å². The fourth-order valence-corrected chi connectivity index (χ4v) is 2.70. The molecular formula is C20H22N2O2. The van der Waals surface area contributed by atoms with Gasteiger partial charge in [0.15, 0.2) is 0 Å². The van der Waals surface area contributed by atoms with Crippen molar-refractivity contribution < 1.29 is 9.53 Å². The van der Waals surface area contributed by atoms with Crippen LogP contribution >= 0.6 is 0 Å². The van der Waals surface area contributed by atoms with Crippen molar-refractivity contribution in [1.29, 1.82) is 0 Å². The second-order valence-corrected chi connectivity index (χ2v) is 6.20. The molecule has 0 fully saturated rings. The summed E-state index contributed by atoms with van der Waals surface area (Å²) in [5.41, 5.74) is 2.96. The van der Waals surface area contributed by atoms with Crippen molar-refractivity contribution in [2.75, 3.05) is 5.32 Å². The Morgan fingerprint density at radius 2 is 1.88 bits per heavy atom. The molecule has 3 aromatic rings. The molecular weight excluding hydrogens is 300 g/mol. The van der Waals surface area contributed by atoms with Gasteiger partial charge >= 0.3 is 5.97 Å². The minimum absolute atomic E-state index is 0.113. The van der Waals surface area contributed by atoms with E-state index in [2.05, 4.69) is 10.3 Å². The topological polar surface area (TPSA) is 54.1 Å². The molecule has 0 saturated carbocycles. The molecule has 2 N–H and O–H groups in total. The van der Waals surface area contributed by atoms with Crippen molar-refractivity contribution in [3.8, 4) is 0 Å². The molecule has 2 aromatic carbocycles. The van der Waals surface area contributed by atoms with Crippen LogP contribution in [-0.2, 0) is 16.1 Å². The molecule has 0 spiro atoms. The number of aromatic amines is 1. The van der Waals surface area contributed by atoms with E-state index in [1.807, 2.05) is 74.6 Å². The molecule has 0 bridgehead atoms. The average Bonchev–Trinajstić information content (AvgIpc) is 3.07. The van der Waals surface area contributed by atoms with Gasteiger partial charge in [0, 0.05) is 22.8 Å². The molecule has 124 valence electrons. The number of H-pyrrole nitrogens is 1. The molecule has 0 aliphatic carbocycles. The van der Waals surface area contributed by atoms with E-state index in [4.69, 9.17) is 4.74 Å². The molecule has 1 aromatic heterocycles. The number of fused-ring (bicyclic) bond motifs is 1. The zero-order valence-corrected chi connectivity index (χ0v) is 14.0. The Bertz CT molecular complexity index is 809. The van der Waals surface area contributed by atoms with E-state index in [-0.39, 0.29) is 11.9 Å². The van der Waals surface area contributed by atoms with Crippen molar-refractivity contribution in [1.82, 2.24) is 4.98 Å². The summed E-state index contributed by atoms with van der Waals surface area (Å²) in [7, 11) is 0. The maximum absolute atomic E-state index is 12.5. The molecule has 1 unspecified atom stereocenters. The van der Waals surface area contributed by atoms with E-state index in [1.165, 1.54) is 0 Å². The van der Waals surface area contributed by atoms with Crippen molar-refractivity contribution in [2.45, 2.75) is 26.5 Å². The molecule has 3 rings (SSSR count). The molecule has 4 heteroatoms. The first kappa shape index (κ1) is 16.1. The first-order valence-electron chi connectivity index (χ1n) is 8.18. The van der Waals surface area contributed by atoms with Crippen LogP contribution in [0.3, 0.4) is 0 Å². The van der Waals surface area contributed by atoms with E-state index in [0.29, 0.717) is 6.61 Å². The van der Waals surface area contributed by atoms with Crippen LogP contribution < -0.4 is 5.32 Å². The standard InChI is InChI=1S/C20H22N2O2/c1-14(2)19(20(23)24-13-15-7-4-3-5-8-15)22-18-10-6-9-17-16(18)11-12-21-17/h3-12,14,19,21-22H,13H2,1-2H3. The normalized spacial score (nSPS) is 12.3. The lowest BCUT2D eigenvalue weighted by Gasteiger charge is -2.22. The van der Waals surface area contributed by atoms with Gasteiger partial charge in [0.05, 0.1) is 0 Å². The highest BCUT2D eigenvalue weighted by molar-refractivity contribution is 5.93. The monoisotopic (exact) mass is 322 g/mol. The zero-order valence-electron chi connectivity index (χ0n) is 14.0. The van der Waals surface area contributed by atoms with Gasteiger partial charge in [-0.05, 0) is 29.7 Å². The van der Waals surface area contributed by atoms with Crippen LogP contribution in [0.4, 0.5) is 5.69 Å². The number of hydrogen-bond acceptors (Lipinski definition) is 3. The van der Waals surface area contributed by atoms with Gasteiger partial charge in [-0.1, -0.05) is 50.2 Å². The average molecular weight is 322 g/mol. The molecule has 24 heavy (non-hydrogen) atoms. The summed E-state index contributed by atoms with van der Waals surface area (Å²) in [6.45, 7) is 4.32. The number of esters is 1. The first-order valence-corrected chi connectivity index (χ1v) is 8.18. The Kier molecular flexibility index (Phi) is 4.85. The Morgan fingerprint density at radius 1 is 1.08 bits per heavy atom. The van der Waals surface area contributed by atoms with Gasteiger partial charge in [-0.15, -0.1) is 0 Å². The second-order valence-electron chi connectivity index (χ2n) is 6.20. The van der Waals surface area contributed by atoms with E-state index in [9.17, 15) is 4.79 Å². The number of benzene rings is 2. The maximum atomic E-state index is 12.5. The van der Waals surface area contributed by atoms with Crippen molar-refractivity contribution >= 4 is 22.6 Å². The van der Waals surface area contributed by atoms with Gasteiger partial charge in [-0.2, -0.15) is 0 Å². The summed E-state index contributed by atoms with van der Waals surface area (Å²) < 4.78 is 5.51. The Morgan fingerprint density at radius 3 is 2.62 bits per heavy atom. The summed E-state index contributed by atoms with van der Waals surface area (Å²) in [6.07, 6.45) is 1.90. The summed E-state index contributed by atoms with van der Waals surface area (Å²) in [6, 6.07) is 17.3. The fraction of sp³-hybridized carbons (Fsp3) is 0.250. The number of hydrogen-bond donors (Lipinski definition) is 2. The second kappa shape index (κ2) is 7.21. The van der Waals surface area contributed by atoms with Crippen molar-refractivity contribution in [3.63, 3.8) is 0 Å². The van der Waals surface area contributed by atoms with Crippen LogP contribution in [-0.4, -0.2) is 17.0 Å². The Hall–Kier alpha value is -2.75. The first-order chi connectivity index (χ1) is 11.6. The van der Waals surface area contributed by atoms with Crippen LogP contribution in [0.5, 0.6) is 0 Å². The summed E-state index contributed by atoms with van der Waals surface area (Å²) in [5, 5.41) is 4.42. The smallest absolute Gasteiger partial charge is 0.329 e. The van der Waals surface area contributed by atoms with Gasteiger partial charge in [0.25, 0.3) is 0 Å². The minimum atomic E-state index is -0.394. The lowest BCUT2D eigenvalue weighted by molar-refractivity contribution is -0.146. The number of ether oxygens (including phenoxy) is 1. The third-order valence-electron chi connectivity index (χ3n) is 4.05. The molecule has 0 aliphatic heterocycles. The molecule has 1 atom stereocenters. The summed E-state index contributed by atoms with van der Waals surface area (Å²) in [5.74, 6) is -0.121. The van der Waals surface area contributed by atoms with Crippen LogP contribution in [0.2, 0.25) is 0 Å². The Labute approximate surface area is 141 Å². The number of rotatable bonds is 6. The number of carbonyl (C=O) groups is 1. The highest BCUT2D eigenvalue weighted by atomic mass is 16.5. The van der Waals surface area contributed by atoms with Gasteiger partial charge in [-0.25, -0.2) is 4.79 Å². The number of aromatic nitrogens is 1. The van der Waals surface area contributed by atoms with E-state index in [1.54, 1.807) is 0 Å². The molecule has 4 nitrogen and oxygen atoms in total. The zero-order chi connectivity index (χ0) is 16.9. The SMILES string of the molecule is CC(C)C(Nc1cccc2[nH]ccc12)C(=O)OCc1ccccc1. The highest BCUT2D eigenvalue weighted by Gasteiger charge is 2.24. The van der Waals surface area contributed by atoms with E-state index in [0.717, 1.165) is 22.2 Å². The predicted octanol–water partition coefficient (Wildman–Crippen LogP) is 4.35. The number of anilines is 1. The maximum Gasteiger partial charge on any atom is 0.329 e. The number of nitrogens with one attached hydrogen (secondary N) is 2. The lowest BCUT2D eigenvalue weighted by Crippen LogP contribution is -2.36. The summed E-state index contributed by atoms with van der Waals surface area (Å²) in [4.78, 5) is 15.7. The molecule has 1 heterocycles. The van der Waals surface area contributed by atoms with Gasteiger partial charge < -0.3 is 15.0 Å².